The Morgan fingerprint density at radius 2 is 0.526 bits per heavy atom. The fraction of sp³-hybridized carbons (Fsp3) is 0.0556. The van der Waals surface area contributed by atoms with Gasteiger partial charge in [-0.15, -0.1) is 0 Å². The molecule has 0 fully saturated rings. The van der Waals surface area contributed by atoms with Gasteiger partial charge in [0.15, 0.2) is 0 Å². The predicted octanol–water partition coefficient (Wildman–Crippen LogP) is 20.1. The maximum Gasteiger partial charge on any atom is 0.0540 e. The topological polar surface area (TPSA) is 13.0 Å². The van der Waals surface area contributed by atoms with Crippen molar-refractivity contribution in [3.05, 3.63) is 302 Å². The van der Waals surface area contributed by atoms with Crippen LogP contribution >= 0.6 is 0 Å². The van der Waals surface area contributed by atoms with Crippen LogP contribution < -0.4 is 19.6 Å². The van der Waals surface area contributed by atoms with Gasteiger partial charge in [0.25, 0.3) is 0 Å². The van der Waals surface area contributed by atoms with Gasteiger partial charge in [-0.25, -0.2) is 0 Å². The average molecular weight is 981 g/mol. The minimum absolute atomic E-state index is 1.13. The van der Waals surface area contributed by atoms with Crippen LogP contribution in [0, 0.1) is 13.8 Å². The summed E-state index contributed by atoms with van der Waals surface area (Å²) < 4.78 is 0. The Bertz CT molecular complexity index is 3830. The van der Waals surface area contributed by atoms with Crippen LogP contribution in [0.5, 0.6) is 0 Å². The summed E-state index contributed by atoms with van der Waals surface area (Å²) in [6.07, 6.45) is 0. The molecule has 12 aromatic rings. The lowest BCUT2D eigenvalue weighted by molar-refractivity contribution is 1.20. The molecule has 0 saturated heterocycles. The molecule has 368 valence electrons. The molecule has 0 heterocycles. The Hall–Kier alpha value is -9.64. The number of aryl methyl sites for hydroxylation is 2. The first-order valence-electron chi connectivity index (χ1n) is 26.0. The van der Waals surface area contributed by atoms with Crippen molar-refractivity contribution in [2.24, 2.45) is 0 Å². The van der Waals surface area contributed by atoms with E-state index in [4.69, 9.17) is 0 Å². The van der Waals surface area contributed by atoms with Crippen molar-refractivity contribution in [1.29, 1.82) is 0 Å². The molecule has 0 aliphatic heterocycles. The summed E-state index contributed by atoms with van der Waals surface area (Å²) in [6.45, 7) is 4.24. The smallest absolute Gasteiger partial charge is 0.0540 e. The average Bonchev–Trinajstić information content (AvgIpc) is 3.49. The Morgan fingerprint density at radius 3 is 0.934 bits per heavy atom. The van der Waals surface area contributed by atoms with Crippen LogP contribution in [0.4, 0.5) is 56.9 Å². The Kier molecular flexibility index (Phi) is 14.2. The second-order valence-electron chi connectivity index (χ2n) is 19.3. The lowest BCUT2D eigenvalue weighted by Gasteiger charge is -2.27. The summed E-state index contributed by atoms with van der Waals surface area (Å²) in [7, 11) is 4.23. The molecule has 4 nitrogen and oxygen atoms in total. The van der Waals surface area contributed by atoms with Gasteiger partial charge in [-0.2, -0.15) is 0 Å². The molecule has 0 aliphatic rings. The minimum atomic E-state index is 1.13. The fourth-order valence-electron chi connectivity index (χ4n) is 10.1. The lowest BCUT2D eigenvalue weighted by atomic mass is 10.0. The zero-order chi connectivity index (χ0) is 51.8. The first-order valence-corrected chi connectivity index (χ1v) is 26.0. The molecule has 0 radical (unpaired) electrons. The number of rotatable bonds is 12. The van der Waals surface area contributed by atoms with Crippen LogP contribution in [0.2, 0.25) is 0 Å². The summed E-state index contributed by atoms with van der Waals surface area (Å²) in [5.41, 5.74) is 18.9. The molecular formula is C72H60N4. The molecule has 0 saturated carbocycles. The van der Waals surface area contributed by atoms with E-state index in [2.05, 4.69) is 339 Å². The molecular weight excluding hydrogens is 921 g/mol. The number of fused-ring (bicyclic) bond motifs is 2. The summed E-state index contributed by atoms with van der Waals surface area (Å²) in [5.74, 6) is 0. The van der Waals surface area contributed by atoms with Crippen molar-refractivity contribution < 1.29 is 0 Å². The van der Waals surface area contributed by atoms with Gasteiger partial charge in [0.1, 0.15) is 0 Å². The normalized spacial score (nSPS) is 10.9. The van der Waals surface area contributed by atoms with Gasteiger partial charge in [0.2, 0.25) is 0 Å². The van der Waals surface area contributed by atoms with Crippen LogP contribution in [0.3, 0.4) is 0 Å². The third-order valence-electron chi connectivity index (χ3n) is 14.3. The van der Waals surface area contributed by atoms with Gasteiger partial charge >= 0.3 is 0 Å². The molecule has 0 spiro atoms. The lowest BCUT2D eigenvalue weighted by Crippen LogP contribution is -2.10. The largest absolute Gasteiger partial charge is 0.345 e. The Balaban J connectivity index is 0.000000162. The molecule has 0 N–H and O–H groups in total. The number of hydrogen-bond acceptors (Lipinski definition) is 4. The van der Waals surface area contributed by atoms with Crippen LogP contribution in [-0.4, -0.2) is 14.1 Å². The van der Waals surface area contributed by atoms with Crippen molar-refractivity contribution in [2.45, 2.75) is 13.8 Å². The van der Waals surface area contributed by atoms with E-state index in [1.54, 1.807) is 0 Å². The van der Waals surface area contributed by atoms with Gasteiger partial charge in [-0.05, 0) is 162 Å². The third-order valence-corrected chi connectivity index (χ3v) is 14.3. The molecule has 4 heteroatoms. The summed E-state index contributed by atoms with van der Waals surface area (Å²) in [6, 6.07) is 104. The maximum absolute atomic E-state index is 2.34. The highest BCUT2D eigenvalue weighted by atomic mass is 15.2. The van der Waals surface area contributed by atoms with E-state index in [1.807, 2.05) is 0 Å². The van der Waals surface area contributed by atoms with Crippen LogP contribution in [-0.2, 0) is 0 Å². The monoisotopic (exact) mass is 980 g/mol. The third kappa shape index (κ3) is 10.6. The van der Waals surface area contributed by atoms with Crippen LogP contribution in [0.25, 0.3) is 43.8 Å². The molecule has 76 heavy (non-hydrogen) atoms. The molecule has 12 rings (SSSR count). The number of hydrogen-bond donors (Lipinski definition) is 0. The molecule has 0 atom stereocenters. The van der Waals surface area contributed by atoms with Crippen LogP contribution in [0.15, 0.2) is 291 Å². The number of anilines is 10. The van der Waals surface area contributed by atoms with E-state index < -0.39 is 0 Å². The van der Waals surface area contributed by atoms with Gasteiger partial charge < -0.3 is 19.6 Å². The number of nitrogens with zero attached hydrogens (tertiary/aromatic N) is 4. The van der Waals surface area contributed by atoms with Gasteiger partial charge in [0, 0.05) is 70.4 Å². The quantitative estimate of drug-likeness (QED) is 0.121. The van der Waals surface area contributed by atoms with Crippen molar-refractivity contribution in [3.63, 3.8) is 0 Å². The summed E-state index contributed by atoms with van der Waals surface area (Å²) in [4.78, 5) is 9.12. The fourth-order valence-corrected chi connectivity index (χ4v) is 10.1. The predicted molar refractivity (Wildman–Crippen MR) is 327 cm³/mol. The van der Waals surface area contributed by atoms with E-state index in [1.165, 1.54) is 89.0 Å². The number of para-hydroxylation sites is 2. The maximum atomic E-state index is 2.34. The molecule has 0 aliphatic carbocycles. The SMILES string of the molecule is Cc1ccc(N(C)c2ccc(-c3ccc(N(c4ccccc4)c4cccc5ccccc45)cc3)cc2)cc1.Cc1cccc(N(C)c2ccc(-c3ccc(N(c4ccccc4)c4cccc5ccccc45)cc3)cc2)c1. The van der Waals surface area contributed by atoms with E-state index in [0.29, 0.717) is 0 Å². The summed E-state index contributed by atoms with van der Waals surface area (Å²) in [5, 5.41) is 4.93. The van der Waals surface area contributed by atoms with Gasteiger partial charge in [-0.1, -0.05) is 188 Å². The number of benzene rings is 12. The van der Waals surface area contributed by atoms with Crippen molar-refractivity contribution >= 4 is 78.4 Å². The zero-order valence-corrected chi connectivity index (χ0v) is 43.5. The minimum Gasteiger partial charge on any atom is -0.345 e. The molecule has 0 unspecified atom stereocenters. The van der Waals surface area contributed by atoms with Gasteiger partial charge in [0.05, 0.1) is 11.4 Å². The molecule has 12 aromatic carbocycles. The highest BCUT2D eigenvalue weighted by molar-refractivity contribution is 6.00. The first kappa shape index (κ1) is 48.6. The van der Waals surface area contributed by atoms with E-state index in [-0.39, 0.29) is 0 Å². The van der Waals surface area contributed by atoms with Crippen molar-refractivity contribution in [1.82, 2.24) is 0 Å². The van der Waals surface area contributed by atoms with E-state index in [0.717, 1.165) is 22.7 Å². The van der Waals surface area contributed by atoms with E-state index >= 15 is 0 Å². The molecule has 0 aromatic heterocycles. The first-order chi connectivity index (χ1) is 37.3. The second-order valence-corrected chi connectivity index (χ2v) is 19.3. The highest BCUT2D eigenvalue weighted by Crippen LogP contribution is 2.42. The molecule has 0 bridgehead atoms. The highest BCUT2D eigenvalue weighted by Gasteiger charge is 2.17. The second kappa shape index (κ2) is 22.2. The summed E-state index contributed by atoms with van der Waals surface area (Å²) >= 11 is 0. The zero-order valence-electron chi connectivity index (χ0n) is 43.5. The Morgan fingerprint density at radius 1 is 0.224 bits per heavy atom. The standard InChI is InChI=1S/2C36H30N2/c1-27-10-8-15-34(26-27)37(2)31-22-18-28(19-23-31)29-20-24-33(25-21-29)38(32-13-4-3-5-14-32)36-17-9-12-30-11-6-7-16-35(30)36;1-27-15-21-31(22-16-27)37(2)32-23-17-28(18-24-32)29-19-25-34(26-20-29)38(33-11-4-3-5-12-33)36-14-8-10-30-9-6-7-13-35(30)36/h2*3-26H,1-2H3. The van der Waals surface area contributed by atoms with Crippen molar-refractivity contribution in [2.75, 3.05) is 33.7 Å². The van der Waals surface area contributed by atoms with E-state index in [9.17, 15) is 0 Å². The Labute approximate surface area is 448 Å². The van der Waals surface area contributed by atoms with Crippen LogP contribution in [0.1, 0.15) is 11.1 Å². The van der Waals surface area contributed by atoms with Gasteiger partial charge in [-0.3, -0.25) is 0 Å². The molecule has 0 amide bonds. The van der Waals surface area contributed by atoms with Crippen molar-refractivity contribution in [3.8, 4) is 22.3 Å².